The lowest BCUT2D eigenvalue weighted by Gasteiger charge is -2.24. The summed E-state index contributed by atoms with van der Waals surface area (Å²) >= 11 is 1.51. The van der Waals surface area contributed by atoms with Crippen molar-refractivity contribution in [1.82, 2.24) is 9.36 Å². The van der Waals surface area contributed by atoms with Gasteiger partial charge in [0.25, 0.3) is 0 Å². The van der Waals surface area contributed by atoms with Crippen LogP contribution in [0.25, 0.3) is 0 Å². The van der Waals surface area contributed by atoms with Crippen molar-refractivity contribution in [3.63, 3.8) is 0 Å². The van der Waals surface area contributed by atoms with Gasteiger partial charge < -0.3 is 4.90 Å². The van der Waals surface area contributed by atoms with Crippen molar-refractivity contribution in [2.75, 3.05) is 11.9 Å². The van der Waals surface area contributed by atoms with Gasteiger partial charge in [-0.3, -0.25) is 0 Å². The third-order valence-corrected chi connectivity index (χ3v) is 4.64. The predicted octanol–water partition coefficient (Wildman–Crippen LogP) is 3.79. The van der Waals surface area contributed by atoms with E-state index in [1.165, 1.54) is 35.5 Å². The first kappa shape index (κ1) is 12.6. The lowest BCUT2D eigenvalue weighted by atomic mass is 10.1. The molecule has 0 saturated carbocycles. The lowest BCUT2D eigenvalue weighted by molar-refractivity contribution is 0.658. The number of aryl methyl sites for hydroxylation is 1. The summed E-state index contributed by atoms with van der Waals surface area (Å²) in [6.45, 7) is 4.27. The predicted molar refractivity (Wildman–Crippen MR) is 79.9 cm³/mol. The molecule has 100 valence electrons. The fourth-order valence-corrected chi connectivity index (χ4v) is 3.49. The highest BCUT2D eigenvalue weighted by Gasteiger charge is 2.27. The fourth-order valence-electron chi connectivity index (χ4n) is 2.67. The molecule has 0 radical (unpaired) electrons. The van der Waals surface area contributed by atoms with E-state index in [1.807, 2.05) is 0 Å². The largest absolute Gasteiger partial charge is 0.343 e. The second kappa shape index (κ2) is 4.93. The summed E-state index contributed by atoms with van der Waals surface area (Å²) in [7, 11) is 2.14. The Morgan fingerprint density at radius 3 is 2.84 bits per heavy atom. The first-order valence-corrected chi connectivity index (χ1v) is 7.58. The maximum absolute atomic E-state index is 4.66. The topological polar surface area (TPSA) is 29.0 Å². The van der Waals surface area contributed by atoms with Gasteiger partial charge in [0.05, 0.1) is 6.04 Å². The van der Waals surface area contributed by atoms with Crippen LogP contribution in [0.1, 0.15) is 49.2 Å². The molecule has 4 heteroatoms. The maximum atomic E-state index is 4.66. The van der Waals surface area contributed by atoms with Gasteiger partial charge in [-0.25, -0.2) is 4.98 Å². The van der Waals surface area contributed by atoms with E-state index in [9.17, 15) is 0 Å². The number of anilines is 1. The SMILES string of the molecule is CC(C)c1nsc(N(C)C2CCc3ccccc32)n1. The zero-order valence-corrected chi connectivity index (χ0v) is 12.4. The number of benzene rings is 1. The zero-order chi connectivity index (χ0) is 13.4. The van der Waals surface area contributed by atoms with Gasteiger partial charge in [-0.2, -0.15) is 4.37 Å². The highest BCUT2D eigenvalue weighted by atomic mass is 32.1. The molecular weight excluding hydrogens is 254 g/mol. The Bertz CT molecular complexity index is 576. The number of hydrogen-bond donors (Lipinski definition) is 0. The third-order valence-electron chi connectivity index (χ3n) is 3.82. The second-order valence-corrected chi connectivity index (χ2v) is 6.18. The molecule has 1 unspecified atom stereocenters. The van der Waals surface area contributed by atoms with E-state index >= 15 is 0 Å². The first-order valence-electron chi connectivity index (χ1n) is 6.81. The normalized spacial score (nSPS) is 17.8. The van der Waals surface area contributed by atoms with Crippen LogP contribution in [0.3, 0.4) is 0 Å². The summed E-state index contributed by atoms with van der Waals surface area (Å²) < 4.78 is 4.45. The summed E-state index contributed by atoms with van der Waals surface area (Å²) in [5, 5.41) is 1.03. The van der Waals surface area contributed by atoms with Crippen LogP contribution in [0.2, 0.25) is 0 Å². The van der Waals surface area contributed by atoms with E-state index in [2.05, 4.69) is 59.4 Å². The first-order chi connectivity index (χ1) is 9.16. The van der Waals surface area contributed by atoms with Gasteiger partial charge in [0.15, 0.2) is 0 Å². The molecule has 3 nitrogen and oxygen atoms in total. The monoisotopic (exact) mass is 273 g/mol. The van der Waals surface area contributed by atoms with Crippen LogP contribution in [-0.4, -0.2) is 16.4 Å². The van der Waals surface area contributed by atoms with Gasteiger partial charge in [0.1, 0.15) is 5.82 Å². The molecular formula is C15H19N3S. The van der Waals surface area contributed by atoms with Crippen molar-refractivity contribution >= 4 is 16.7 Å². The van der Waals surface area contributed by atoms with Gasteiger partial charge in [-0.05, 0) is 24.0 Å². The number of aromatic nitrogens is 2. The number of hydrogen-bond acceptors (Lipinski definition) is 4. The van der Waals surface area contributed by atoms with Gasteiger partial charge in [0, 0.05) is 24.5 Å². The minimum Gasteiger partial charge on any atom is -0.343 e. The van der Waals surface area contributed by atoms with Gasteiger partial charge >= 0.3 is 0 Å². The average molecular weight is 273 g/mol. The molecule has 0 aliphatic heterocycles. The Morgan fingerprint density at radius 1 is 1.32 bits per heavy atom. The molecule has 0 amide bonds. The fraction of sp³-hybridized carbons (Fsp3) is 0.467. The summed E-state index contributed by atoms with van der Waals surface area (Å²) in [4.78, 5) is 6.95. The van der Waals surface area contributed by atoms with Crippen molar-refractivity contribution in [1.29, 1.82) is 0 Å². The molecule has 0 bridgehead atoms. The van der Waals surface area contributed by atoms with Gasteiger partial charge in [-0.15, -0.1) is 0 Å². The van der Waals surface area contributed by atoms with Crippen LogP contribution in [0, 0.1) is 0 Å². The van der Waals surface area contributed by atoms with Crippen molar-refractivity contribution in [3.05, 3.63) is 41.2 Å². The molecule has 1 aliphatic rings. The molecule has 1 aromatic heterocycles. The van der Waals surface area contributed by atoms with Crippen LogP contribution in [0.5, 0.6) is 0 Å². The summed E-state index contributed by atoms with van der Waals surface area (Å²) in [5.41, 5.74) is 2.93. The van der Waals surface area contributed by atoms with E-state index < -0.39 is 0 Å². The van der Waals surface area contributed by atoms with E-state index in [4.69, 9.17) is 0 Å². The minimum absolute atomic E-state index is 0.397. The minimum atomic E-state index is 0.397. The summed E-state index contributed by atoms with van der Waals surface area (Å²) in [6, 6.07) is 9.19. The van der Waals surface area contributed by atoms with E-state index in [0.29, 0.717) is 12.0 Å². The Kier molecular flexibility index (Phi) is 3.27. The van der Waals surface area contributed by atoms with Crippen LogP contribution >= 0.6 is 11.5 Å². The molecule has 3 rings (SSSR count). The van der Waals surface area contributed by atoms with Crippen LogP contribution in [0.15, 0.2) is 24.3 Å². The van der Waals surface area contributed by atoms with Crippen molar-refractivity contribution in [2.24, 2.45) is 0 Å². The molecule has 1 atom stereocenters. The van der Waals surface area contributed by atoms with Crippen LogP contribution in [0.4, 0.5) is 5.13 Å². The second-order valence-electron chi connectivity index (χ2n) is 5.45. The molecule has 1 aromatic carbocycles. The quantitative estimate of drug-likeness (QED) is 0.852. The Morgan fingerprint density at radius 2 is 2.11 bits per heavy atom. The van der Waals surface area contributed by atoms with Gasteiger partial charge in [0.2, 0.25) is 5.13 Å². The highest BCUT2D eigenvalue weighted by Crippen LogP contribution is 2.37. The van der Waals surface area contributed by atoms with Gasteiger partial charge in [-0.1, -0.05) is 38.1 Å². The van der Waals surface area contributed by atoms with Crippen molar-refractivity contribution in [2.45, 2.75) is 38.6 Å². The third kappa shape index (κ3) is 2.25. The average Bonchev–Trinajstić information content (AvgIpc) is 3.05. The smallest absolute Gasteiger partial charge is 0.205 e. The van der Waals surface area contributed by atoms with Crippen molar-refractivity contribution < 1.29 is 0 Å². The van der Waals surface area contributed by atoms with E-state index in [-0.39, 0.29) is 0 Å². The molecule has 0 spiro atoms. The maximum Gasteiger partial charge on any atom is 0.205 e. The molecule has 2 aromatic rings. The Hall–Kier alpha value is -1.42. The molecule has 19 heavy (non-hydrogen) atoms. The molecule has 0 N–H and O–H groups in total. The molecule has 0 saturated heterocycles. The Balaban J connectivity index is 1.86. The number of nitrogens with zero attached hydrogens (tertiary/aromatic N) is 3. The number of rotatable bonds is 3. The summed E-state index contributed by atoms with van der Waals surface area (Å²) in [5.74, 6) is 1.35. The zero-order valence-electron chi connectivity index (χ0n) is 11.6. The summed E-state index contributed by atoms with van der Waals surface area (Å²) in [6.07, 6.45) is 2.34. The molecule has 0 fully saturated rings. The lowest BCUT2D eigenvalue weighted by Crippen LogP contribution is -2.22. The Labute approximate surface area is 118 Å². The molecule has 1 aliphatic carbocycles. The highest BCUT2D eigenvalue weighted by molar-refractivity contribution is 7.09. The standard InChI is InChI=1S/C15H19N3S/c1-10(2)14-16-15(19-17-14)18(3)13-9-8-11-6-4-5-7-12(11)13/h4-7,10,13H,8-9H2,1-3H3. The molecule has 1 heterocycles. The van der Waals surface area contributed by atoms with Crippen molar-refractivity contribution in [3.8, 4) is 0 Å². The van der Waals surface area contributed by atoms with E-state index in [0.717, 1.165) is 11.0 Å². The van der Waals surface area contributed by atoms with Crippen LogP contribution < -0.4 is 4.90 Å². The van der Waals surface area contributed by atoms with E-state index in [1.54, 1.807) is 0 Å². The number of fused-ring (bicyclic) bond motifs is 1. The van der Waals surface area contributed by atoms with Crippen LogP contribution in [-0.2, 0) is 6.42 Å².